The van der Waals surface area contributed by atoms with Gasteiger partial charge in [-0.1, -0.05) is 19.3 Å². The van der Waals surface area contributed by atoms with Gasteiger partial charge in [0.25, 0.3) is 0 Å². The summed E-state index contributed by atoms with van der Waals surface area (Å²) in [5, 5.41) is 11.0. The fourth-order valence-corrected chi connectivity index (χ4v) is 4.67. The molecule has 0 aliphatic heterocycles. The van der Waals surface area contributed by atoms with E-state index in [0.29, 0.717) is 12.6 Å². The third-order valence-electron chi connectivity index (χ3n) is 6.12. The number of aryl methyl sites for hydroxylation is 1. The Bertz CT molecular complexity index is 582. The molecule has 25 heavy (non-hydrogen) atoms. The number of rotatable bonds is 6. The van der Waals surface area contributed by atoms with Crippen LogP contribution in [0.3, 0.4) is 0 Å². The molecule has 0 saturated heterocycles. The van der Waals surface area contributed by atoms with Crippen molar-refractivity contribution in [2.24, 2.45) is 5.41 Å². The molecule has 2 fully saturated rings. The average molecular weight is 349 g/mol. The molecule has 1 heterocycles. The fourth-order valence-electron chi connectivity index (χ4n) is 4.67. The lowest BCUT2D eigenvalue weighted by molar-refractivity contribution is -0.170. The highest BCUT2D eigenvalue weighted by Gasteiger charge is 2.57. The number of urea groups is 1. The second-order valence-corrected chi connectivity index (χ2v) is 7.29. The van der Waals surface area contributed by atoms with Crippen LogP contribution >= 0.6 is 0 Å². The first-order valence-electron chi connectivity index (χ1n) is 9.61. The summed E-state index contributed by atoms with van der Waals surface area (Å²) in [6.45, 7) is 6.06. The van der Waals surface area contributed by atoms with E-state index in [1.165, 1.54) is 32.1 Å². The van der Waals surface area contributed by atoms with Gasteiger partial charge in [-0.2, -0.15) is 0 Å². The van der Waals surface area contributed by atoms with E-state index in [9.17, 15) is 4.79 Å². The normalized spacial score (nSPS) is 24.8. The van der Waals surface area contributed by atoms with Crippen LogP contribution in [0.25, 0.3) is 0 Å². The summed E-state index contributed by atoms with van der Waals surface area (Å²) in [5.41, 5.74) is 0.157. The highest BCUT2D eigenvalue weighted by molar-refractivity contribution is 5.74. The molecule has 2 saturated carbocycles. The minimum Gasteiger partial charge on any atom is -0.378 e. The molecule has 7 nitrogen and oxygen atoms in total. The van der Waals surface area contributed by atoms with Crippen LogP contribution in [-0.4, -0.2) is 51.5 Å². The maximum Gasteiger partial charge on any atom is 0.317 e. The van der Waals surface area contributed by atoms with Gasteiger partial charge in [-0.05, 0) is 33.1 Å². The van der Waals surface area contributed by atoms with E-state index in [1.807, 2.05) is 23.4 Å². The van der Waals surface area contributed by atoms with Crippen LogP contribution in [0.15, 0.2) is 6.33 Å². The number of hydrogen-bond acceptors (Lipinski definition) is 4. The summed E-state index contributed by atoms with van der Waals surface area (Å²) in [4.78, 5) is 14.6. The van der Waals surface area contributed by atoms with Crippen LogP contribution in [0.5, 0.6) is 0 Å². The van der Waals surface area contributed by atoms with Crippen molar-refractivity contribution in [3.8, 4) is 0 Å². The SMILES string of the molecule is CCO[C@H]1C[C@H](N(C)C(=O)NCc2nncn2CC)C12CCCCC2. The van der Waals surface area contributed by atoms with E-state index in [4.69, 9.17) is 4.74 Å². The molecule has 2 aliphatic carbocycles. The van der Waals surface area contributed by atoms with Crippen LogP contribution in [-0.2, 0) is 17.8 Å². The summed E-state index contributed by atoms with van der Waals surface area (Å²) in [7, 11) is 1.92. The minimum atomic E-state index is -0.0319. The van der Waals surface area contributed by atoms with E-state index >= 15 is 0 Å². The molecule has 0 unspecified atom stereocenters. The molecule has 2 amide bonds. The molecule has 1 aromatic rings. The van der Waals surface area contributed by atoms with E-state index in [1.54, 1.807) is 6.33 Å². The van der Waals surface area contributed by atoms with Gasteiger partial charge in [0, 0.05) is 31.7 Å². The smallest absolute Gasteiger partial charge is 0.317 e. The van der Waals surface area contributed by atoms with Crippen molar-refractivity contribution in [3.05, 3.63) is 12.2 Å². The predicted molar refractivity (Wildman–Crippen MR) is 95.0 cm³/mol. The van der Waals surface area contributed by atoms with Gasteiger partial charge in [-0.3, -0.25) is 0 Å². The summed E-state index contributed by atoms with van der Waals surface area (Å²) >= 11 is 0. The monoisotopic (exact) mass is 349 g/mol. The van der Waals surface area contributed by atoms with Crippen molar-refractivity contribution in [1.29, 1.82) is 0 Å². The number of carbonyl (C=O) groups excluding carboxylic acids is 1. The molecule has 7 heteroatoms. The van der Waals surface area contributed by atoms with Gasteiger partial charge in [-0.25, -0.2) is 4.79 Å². The van der Waals surface area contributed by atoms with E-state index < -0.39 is 0 Å². The zero-order chi connectivity index (χ0) is 17.9. The molecule has 1 spiro atoms. The quantitative estimate of drug-likeness (QED) is 0.857. The van der Waals surface area contributed by atoms with E-state index in [2.05, 4.69) is 22.4 Å². The van der Waals surface area contributed by atoms with Gasteiger partial charge in [0.1, 0.15) is 6.33 Å². The van der Waals surface area contributed by atoms with Crippen molar-refractivity contribution < 1.29 is 9.53 Å². The summed E-state index contributed by atoms with van der Waals surface area (Å²) < 4.78 is 7.94. The zero-order valence-corrected chi connectivity index (χ0v) is 15.7. The standard InChI is InChI=1S/C18H31N5O2/c1-4-23-13-20-21-16(23)12-19-17(24)22(3)14-11-15(25-5-2)18(14)9-7-6-8-10-18/h13-15H,4-12H2,1-3H3,(H,19,24)/t14-,15-/m0/s1. The van der Waals surface area contributed by atoms with Gasteiger partial charge < -0.3 is 19.5 Å². The Morgan fingerprint density at radius 1 is 1.40 bits per heavy atom. The molecule has 3 rings (SSSR count). The van der Waals surface area contributed by atoms with Crippen LogP contribution in [0.4, 0.5) is 4.79 Å². The fraction of sp³-hybridized carbons (Fsp3) is 0.833. The Hall–Kier alpha value is -1.63. The van der Waals surface area contributed by atoms with Crippen molar-refractivity contribution in [1.82, 2.24) is 25.0 Å². The number of nitrogens with one attached hydrogen (secondary N) is 1. The van der Waals surface area contributed by atoms with Crippen molar-refractivity contribution >= 4 is 6.03 Å². The van der Waals surface area contributed by atoms with Gasteiger partial charge in [0.15, 0.2) is 5.82 Å². The van der Waals surface area contributed by atoms with Gasteiger partial charge in [-0.15, -0.1) is 10.2 Å². The summed E-state index contributed by atoms with van der Waals surface area (Å²) in [5.74, 6) is 0.789. The number of nitrogens with zero attached hydrogens (tertiary/aromatic N) is 4. The second kappa shape index (κ2) is 7.72. The lowest BCUT2D eigenvalue weighted by Gasteiger charge is -2.60. The third kappa shape index (κ3) is 3.38. The van der Waals surface area contributed by atoms with E-state index in [0.717, 1.165) is 25.4 Å². The zero-order valence-electron chi connectivity index (χ0n) is 15.7. The van der Waals surface area contributed by atoms with E-state index in [-0.39, 0.29) is 17.5 Å². The average Bonchev–Trinajstić information content (AvgIpc) is 3.10. The third-order valence-corrected chi connectivity index (χ3v) is 6.12. The minimum absolute atomic E-state index is 0.0319. The Morgan fingerprint density at radius 3 is 2.84 bits per heavy atom. The largest absolute Gasteiger partial charge is 0.378 e. The lowest BCUT2D eigenvalue weighted by Crippen LogP contribution is -2.66. The molecule has 1 N–H and O–H groups in total. The number of aromatic nitrogens is 3. The highest BCUT2D eigenvalue weighted by atomic mass is 16.5. The Balaban J connectivity index is 1.61. The Morgan fingerprint density at radius 2 is 2.16 bits per heavy atom. The highest BCUT2D eigenvalue weighted by Crippen LogP contribution is 2.55. The van der Waals surface area contributed by atoms with Gasteiger partial charge >= 0.3 is 6.03 Å². The Labute approximate surface area is 150 Å². The number of carbonyl (C=O) groups is 1. The first kappa shape index (κ1) is 18.2. The molecule has 0 radical (unpaired) electrons. The first-order valence-corrected chi connectivity index (χ1v) is 9.61. The predicted octanol–water partition coefficient (Wildman–Crippen LogP) is 2.57. The summed E-state index contributed by atoms with van der Waals surface area (Å²) in [6.07, 6.45) is 9.08. The molecule has 2 aliphatic rings. The number of hydrogen-bond donors (Lipinski definition) is 1. The molecular weight excluding hydrogens is 318 g/mol. The van der Waals surface area contributed by atoms with Crippen LogP contribution < -0.4 is 5.32 Å². The molecule has 1 aromatic heterocycles. The molecular formula is C18H31N5O2. The van der Waals surface area contributed by atoms with Crippen molar-refractivity contribution in [2.75, 3.05) is 13.7 Å². The molecule has 2 atom stereocenters. The number of amides is 2. The maximum atomic E-state index is 12.7. The lowest BCUT2D eigenvalue weighted by atomic mass is 9.54. The van der Waals surface area contributed by atoms with Gasteiger partial charge in [0.05, 0.1) is 12.6 Å². The van der Waals surface area contributed by atoms with Crippen LogP contribution in [0.2, 0.25) is 0 Å². The van der Waals surface area contributed by atoms with Gasteiger partial charge in [0.2, 0.25) is 0 Å². The number of ether oxygens (including phenoxy) is 1. The van der Waals surface area contributed by atoms with Crippen LogP contribution in [0, 0.1) is 5.41 Å². The topological polar surface area (TPSA) is 72.3 Å². The van der Waals surface area contributed by atoms with Crippen molar-refractivity contribution in [3.63, 3.8) is 0 Å². The molecule has 140 valence electrons. The maximum absolute atomic E-state index is 12.7. The second-order valence-electron chi connectivity index (χ2n) is 7.29. The summed E-state index contributed by atoms with van der Waals surface area (Å²) in [6, 6.07) is 0.240. The first-order chi connectivity index (χ1) is 12.1. The van der Waals surface area contributed by atoms with Crippen molar-refractivity contribution in [2.45, 2.75) is 77.6 Å². The van der Waals surface area contributed by atoms with Crippen LogP contribution in [0.1, 0.15) is 58.2 Å². The molecule has 0 aromatic carbocycles. The molecule has 0 bridgehead atoms. The Kier molecular flexibility index (Phi) is 5.61.